The molecule has 4 rings (SSSR count). The zero-order valence-corrected chi connectivity index (χ0v) is 16.7. The number of ether oxygens (including phenoxy) is 1. The molecule has 1 aromatic heterocycles. The van der Waals surface area contributed by atoms with Crippen molar-refractivity contribution in [3.05, 3.63) is 101 Å². The zero-order chi connectivity index (χ0) is 22.0. The number of ketones is 1. The summed E-state index contributed by atoms with van der Waals surface area (Å²) in [4.78, 5) is 31.2. The number of carbonyl (C=O) groups excluding carboxylic acids is 2. The molecule has 1 N–H and O–H groups in total. The van der Waals surface area contributed by atoms with Gasteiger partial charge in [0.15, 0.2) is 0 Å². The number of halogens is 1. The lowest BCUT2D eigenvalue weighted by molar-refractivity contribution is -0.140. The number of aliphatic hydroxyl groups excluding tert-OH is 1. The van der Waals surface area contributed by atoms with Crippen molar-refractivity contribution < 1.29 is 23.8 Å². The van der Waals surface area contributed by atoms with E-state index in [-0.39, 0.29) is 17.9 Å². The van der Waals surface area contributed by atoms with Crippen LogP contribution in [0.1, 0.15) is 22.7 Å². The van der Waals surface area contributed by atoms with Crippen molar-refractivity contribution in [1.29, 1.82) is 0 Å². The molecular formula is C24H19FN2O4. The van der Waals surface area contributed by atoms with Gasteiger partial charge >= 0.3 is 0 Å². The van der Waals surface area contributed by atoms with Crippen LogP contribution in [0.5, 0.6) is 5.75 Å². The van der Waals surface area contributed by atoms with Gasteiger partial charge in [0.2, 0.25) is 0 Å². The van der Waals surface area contributed by atoms with Crippen molar-refractivity contribution in [2.24, 2.45) is 0 Å². The summed E-state index contributed by atoms with van der Waals surface area (Å²) in [5.41, 5.74) is 1.61. The van der Waals surface area contributed by atoms with Gasteiger partial charge in [0.25, 0.3) is 11.7 Å². The predicted octanol–water partition coefficient (Wildman–Crippen LogP) is 3.85. The minimum atomic E-state index is -0.865. The lowest BCUT2D eigenvalue weighted by Gasteiger charge is -2.25. The first-order chi connectivity index (χ1) is 15.0. The van der Waals surface area contributed by atoms with Gasteiger partial charge in [-0.1, -0.05) is 12.1 Å². The second-order valence-corrected chi connectivity index (χ2v) is 7.06. The van der Waals surface area contributed by atoms with E-state index in [4.69, 9.17) is 4.74 Å². The van der Waals surface area contributed by atoms with E-state index in [0.29, 0.717) is 16.9 Å². The number of aromatic nitrogens is 1. The number of likely N-dealkylation sites (tertiary alicyclic amines) is 1. The Kier molecular flexibility index (Phi) is 5.49. The molecule has 6 nitrogen and oxygen atoms in total. The standard InChI is InChI=1S/C24H19FN2O4/c1-31-19-8-4-17(5-9-19)22(28)20-21(16-2-6-18(25)7-3-16)27(24(30)23(20)29)14-15-10-12-26-13-11-15/h2-13,21,28H,14H2,1H3/t21-/m0/s1. The summed E-state index contributed by atoms with van der Waals surface area (Å²) in [5.74, 6) is -1.68. The lowest BCUT2D eigenvalue weighted by atomic mass is 9.95. The number of amides is 1. The molecule has 1 amide bonds. The third-order valence-corrected chi connectivity index (χ3v) is 5.19. The number of aliphatic hydroxyl groups is 1. The maximum Gasteiger partial charge on any atom is 0.295 e. The number of nitrogens with zero attached hydrogens (tertiary/aromatic N) is 2. The Morgan fingerprint density at radius 3 is 2.29 bits per heavy atom. The molecule has 0 radical (unpaired) electrons. The fourth-order valence-corrected chi connectivity index (χ4v) is 3.62. The number of hydrogen-bond donors (Lipinski definition) is 1. The molecule has 1 fully saturated rings. The van der Waals surface area contributed by atoms with E-state index < -0.39 is 23.5 Å². The number of Topliss-reactive ketones (excluding diaryl/α,β-unsaturated/α-hetero) is 1. The van der Waals surface area contributed by atoms with Crippen molar-refractivity contribution in [3.63, 3.8) is 0 Å². The quantitative estimate of drug-likeness (QED) is 0.387. The molecule has 156 valence electrons. The fraction of sp³-hybridized carbons (Fsp3) is 0.125. The van der Waals surface area contributed by atoms with Crippen LogP contribution < -0.4 is 4.74 Å². The Bertz CT molecular complexity index is 1140. The van der Waals surface area contributed by atoms with E-state index in [0.717, 1.165) is 5.56 Å². The van der Waals surface area contributed by atoms with Crippen molar-refractivity contribution in [3.8, 4) is 5.75 Å². The smallest absolute Gasteiger partial charge is 0.295 e. The van der Waals surface area contributed by atoms with Crippen LogP contribution >= 0.6 is 0 Å². The summed E-state index contributed by atoms with van der Waals surface area (Å²) < 4.78 is 18.7. The first-order valence-electron chi connectivity index (χ1n) is 9.57. The maximum absolute atomic E-state index is 13.5. The number of carbonyl (C=O) groups is 2. The summed E-state index contributed by atoms with van der Waals surface area (Å²) in [6.45, 7) is 0.133. The highest BCUT2D eigenvalue weighted by atomic mass is 19.1. The van der Waals surface area contributed by atoms with E-state index in [1.54, 1.807) is 48.8 Å². The van der Waals surface area contributed by atoms with Crippen molar-refractivity contribution in [2.75, 3.05) is 7.11 Å². The van der Waals surface area contributed by atoms with E-state index in [1.807, 2.05) is 0 Å². The molecule has 0 spiro atoms. The van der Waals surface area contributed by atoms with Gasteiger partial charge in [-0.05, 0) is 59.7 Å². The Morgan fingerprint density at radius 1 is 1.03 bits per heavy atom. The topological polar surface area (TPSA) is 79.7 Å². The van der Waals surface area contributed by atoms with Crippen LogP contribution in [0.15, 0.2) is 78.6 Å². The molecule has 2 heterocycles. The molecule has 1 saturated heterocycles. The van der Waals surface area contributed by atoms with E-state index in [2.05, 4.69) is 4.98 Å². The van der Waals surface area contributed by atoms with Gasteiger partial charge in [-0.3, -0.25) is 14.6 Å². The van der Waals surface area contributed by atoms with Gasteiger partial charge in [0.1, 0.15) is 17.3 Å². The number of methoxy groups -OCH3 is 1. The fourth-order valence-electron chi connectivity index (χ4n) is 3.62. The van der Waals surface area contributed by atoms with Gasteiger partial charge in [-0.15, -0.1) is 0 Å². The van der Waals surface area contributed by atoms with Crippen LogP contribution in [0.25, 0.3) is 5.76 Å². The highest BCUT2D eigenvalue weighted by Crippen LogP contribution is 2.40. The molecule has 1 aliphatic heterocycles. The monoisotopic (exact) mass is 418 g/mol. The highest BCUT2D eigenvalue weighted by Gasteiger charge is 2.46. The van der Waals surface area contributed by atoms with Gasteiger partial charge < -0.3 is 14.7 Å². The lowest BCUT2D eigenvalue weighted by Crippen LogP contribution is -2.29. The minimum Gasteiger partial charge on any atom is -0.507 e. The molecule has 0 aliphatic carbocycles. The molecule has 7 heteroatoms. The summed E-state index contributed by atoms with van der Waals surface area (Å²) in [7, 11) is 1.52. The van der Waals surface area contributed by atoms with Crippen LogP contribution in [0, 0.1) is 5.82 Å². The Balaban J connectivity index is 1.84. The normalized spacial score (nSPS) is 17.7. The molecule has 31 heavy (non-hydrogen) atoms. The van der Waals surface area contributed by atoms with Gasteiger partial charge in [0.05, 0.1) is 18.7 Å². The van der Waals surface area contributed by atoms with E-state index >= 15 is 0 Å². The van der Waals surface area contributed by atoms with Gasteiger partial charge in [0, 0.05) is 24.5 Å². The van der Waals surface area contributed by atoms with Crippen molar-refractivity contribution >= 4 is 17.4 Å². The third kappa shape index (κ3) is 3.90. The van der Waals surface area contributed by atoms with Crippen molar-refractivity contribution in [1.82, 2.24) is 9.88 Å². The maximum atomic E-state index is 13.5. The average molecular weight is 418 g/mol. The van der Waals surface area contributed by atoms with Gasteiger partial charge in [-0.25, -0.2) is 4.39 Å². The molecule has 0 unspecified atom stereocenters. The molecule has 0 saturated carbocycles. The zero-order valence-electron chi connectivity index (χ0n) is 16.7. The first-order valence-corrected chi connectivity index (χ1v) is 9.57. The average Bonchev–Trinajstić information content (AvgIpc) is 3.05. The number of hydrogen-bond acceptors (Lipinski definition) is 5. The largest absolute Gasteiger partial charge is 0.507 e. The molecule has 2 aromatic carbocycles. The third-order valence-electron chi connectivity index (χ3n) is 5.19. The van der Waals surface area contributed by atoms with Crippen LogP contribution in [-0.2, 0) is 16.1 Å². The number of benzene rings is 2. The summed E-state index contributed by atoms with van der Waals surface area (Å²) in [6.07, 6.45) is 3.19. The summed E-state index contributed by atoms with van der Waals surface area (Å²) in [5, 5.41) is 11.0. The van der Waals surface area contributed by atoms with Crippen LogP contribution in [0.3, 0.4) is 0 Å². The number of pyridine rings is 1. The molecule has 1 aliphatic rings. The molecular weight excluding hydrogens is 399 g/mol. The van der Waals surface area contributed by atoms with Crippen LogP contribution in [0.2, 0.25) is 0 Å². The van der Waals surface area contributed by atoms with Gasteiger partial charge in [-0.2, -0.15) is 0 Å². The van der Waals surface area contributed by atoms with E-state index in [1.165, 1.54) is 36.3 Å². The molecule has 0 bridgehead atoms. The van der Waals surface area contributed by atoms with E-state index in [9.17, 15) is 19.1 Å². The SMILES string of the molecule is COc1ccc(C(O)=C2C(=O)C(=O)N(Cc3ccncc3)[C@H]2c2ccc(F)cc2)cc1. The second-order valence-electron chi connectivity index (χ2n) is 7.06. The number of rotatable bonds is 5. The minimum absolute atomic E-state index is 0.0455. The van der Waals surface area contributed by atoms with Crippen molar-refractivity contribution in [2.45, 2.75) is 12.6 Å². The highest BCUT2D eigenvalue weighted by molar-refractivity contribution is 6.46. The van der Waals surface area contributed by atoms with Crippen LogP contribution in [0.4, 0.5) is 4.39 Å². The molecule has 3 aromatic rings. The summed E-state index contributed by atoms with van der Waals surface area (Å²) in [6, 6.07) is 14.7. The Labute approximate surface area is 178 Å². The molecule has 1 atom stereocenters. The Morgan fingerprint density at radius 2 is 1.68 bits per heavy atom. The summed E-state index contributed by atoms with van der Waals surface area (Å²) >= 11 is 0. The van der Waals surface area contributed by atoms with Crippen LogP contribution in [-0.4, -0.2) is 33.8 Å². The Hall–Kier alpha value is -4.00. The predicted molar refractivity (Wildman–Crippen MR) is 111 cm³/mol. The first kappa shape index (κ1) is 20.3. The second kappa shape index (κ2) is 8.39.